The van der Waals surface area contributed by atoms with Crippen molar-refractivity contribution in [3.63, 3.8) is 0 Å². The van der Waals surface area contributed by atoms with Crippen LogP contribution in [0.5, 0.6) is 0 Å². The number of hydrogen-bond acceptors (Lipinski definition) is 1. The average Bonchev–Trinajstić information content (AvgIpc) is 3.34. The van der Waals surface area contributed by atoms with Crippen LogP contribution in [0.4, 0.5) is 0 Å². The maximum absolute atomic E-state index is 2.51. The molecule has 30 heavy (non-hydrogen) atoms. The summed E-state index contributed by atoms with van der Waals surface area (Å²) in [6, 6.07) is 16.4. The van der Waals surface area contributed by atoms with Crippen molar-refractivity contribution in [1.29, 1.82) is 0 Å². The minimum atomic E-state index is 1.05. The van der Waals surface area contributed by atoms with Gasteiger partial charge >= 0.3 is 0 Å². The van der Waals surface area contributed by atoms with E-state index in [-0.39, 0.29) is 0 Å². The Morgan fingerprint density at radius 1 is 0.700 bits per heavy atom. The Hall–Kier alpha value is -2.38. The molecule has 0 amide bonds. The van der Waals surface area contributed by atoms with Crippen molar-refractivity contribution >= 4 is 0 Å². The van der Waals surface area contributed by atoms with Crippen LogP contribution >= 0.6 is 0 Å². The summed E-state index contributed by atoms with van der Waals surface area (Å²) in [5, 5.41) is 0. The molecule has 2 aliphatic rings. The van der Waals surface area contributed by atoms with Crippen molar-refractivity contribution in [1.82, 2.24) is 4.90 Å². The van der Waals surface area contributed by atoms with Crippen molar-refractivity contribution in [2.24, 2.45) is 0 Å². The highest BCUT2D eigenvalue weighted by Crippen LogP contribution is 2.51. The van der Waals surface area contributed by atoms with Gasteiger partial charge < -0.3 is 0 Å². The van der Waals surface area contributed by atoms with Gasteiger partial charge in [0.1, 0.15) is 0 Å². The average molecular weight is 396 g/mol. The maximum Gasteiger partial charge on any atom is 0.0233 e. The van der Waals surface area contributed by atoms with Gasteiger partial charge in [-0.1, -0.05) is 64.1 Å². The van der Waals surface area contributed by atoms with E-state index in [4.69, 9.17) is 0 Å². The summed E-state index contributed by atoms with van der Waals surface area (Å²) in [5.41, 5.74) is 17.0. The van der Waals surface area contributed by atoms with Crippen molar-refractivity contribution in [2.45, 2.75) is 59.9 Å². The van der Waals surface area contributed by atoms with E-state index in [0.29, 0.717) is 0 Å². The lowest BCUT2D eigenvalue weighted by Crippen LogP contribution is -2.22. The Bertz CT molecular complexity index is 1120. The fourth-order valence-electron chi connectivity index (χ4n) is 5.93. The maximum atomic E-state index is 2.51. The van der Waals surface area contributed by atoms with Gasteiger partial charge in [0.15, 0.2) is 0 Å². The van der Waals surface area contributed by atoms with Crippen molar-refractivity contribution < 1.29 is 0 Å². The van der Waals surface area contributed by atoms with Gasteiger partial charge in [-0.05, 0) is 106 Å². The smallest absolute Gasteiger partial charge is 0.0233 e. The van der Waals surface area contributed by atoms with Crippen LogP contribution in [0.25, 0.3) is 22.3 Å². The molecule has 0 aliphatic heterocycles. The minimum Gasteiger partial charge on any atom is -0.300 e. The molecule has 0 saturated carbocycles. The van der Waals surface area contributed by atoms with Crippen molar-refractivity contribution in [3.05, 3.63) is 81.4 Å². The third kappa shape index (κ3) is 2.87. The highest BCUT2D eigenvalue weighted by Gasteiger charge is 2.32. The molecular weight excluding hydrogens is 362 g/mol. The molecule has 0 spiro atoms. The van der Waals surface area contributed by atoms with Crippen LogP contribution in [0.3, 0.4) is 0 Å². The van der Waals surface area contributed by atoms with Crippen LogP contribution in [0.15, 0.2) is 42.5 Å². The second-order valence-electron chi connectivity index (χ2n) is 8.83. The Morgan fingerprint density at radius 3 is 2.13 bits per heavy atom. The van der Waals surface area contributed by atoms with E-state index in [0.717, 1.165) is 45.3 Å². The first-order chi connectivity index (χ1) is 14.7. The zero-order valence-electron chi connectivity index (χ0n) is 18.9. The quantitative estimate of drug-likeness (QED) is 0.306. The Morgan fingerprint density at radius 2 is 1.40 bits per heavy atom. The van der Waals surface area contributed by atoms with E-state index in [1.165, 1.54) is 27.8 Å². The second-order valence-corrected chi connectivity index (χ2v) is 8.83. The molecule has 3 aromatic rings. The van der Waals surface area contributed by atoms with Gasteiger partial charge in [-0.3, -0.25) is 4.90 Å². The minimum absolute atomic E-state index is 1.05. The number of fused-ring (bicyclic) bond motifs is 7. The van der Waals surface area contributed by atoms with E-state index in [1.54, 1.807) is 33.4 Å². The molecular formula is C29H33N. The Kier molecular flexibility index (Phi) is 5.03. The summed E-state index contributed by atoms with van der Waals surface area (Å²) in [6.45, 7) is 12.5. The van der Waals surface area contributed by atoms with Gasteiger partial charge in [-0.15, -0.1) is 0 Å². The van der Waals surface area contributed by atoms with Gasteiger partial charge in [0.2, 0.25) is 0 Å². The van der Waals surface area contributed by atoms with Gasteiger partial charge in [0.25, 0.3) is 0 Å². The van der Waals surface area contributed by atoms with E-state index in [2.05, 4.69) is 75.1 Å². The van der Waals surface area contributed by atoms with Crippen molar-refractivity contribution in [2.75, 3.05) is 13.1 Å². The van der Waals surface area contributed by atoms with E-state index < -0.39 is 0 Å². The molecule has 0 fully saturated rings. The van der Waals surface area contributed by atoms with Gasteiger partial charge in [-0.2, -0.15) is 0 Å². The predicted octanol–water partition coefficient (Wildman–Crippen LogP) is 6.80. The standard InChI is InChI=1S/C29H33N/c1-5-22-23(6-2)28-24-12-10-9-11-20(24)17-27(28)29-25-15-19(18-30(7-3)8-4)13-14-21(25)16-26(22)29/h9-15H,5-8,16-18H2,1-4H3. The first-order valence-electron chi connectivity index (χ1n) is 11.8. The number of benzene rings is 3. The molecule has 0 saturated heterocycles. The molecule has 0 unspecified atom stereocenters. The Labute approximate surface area is 181 Å². The highest BCUT2D eigenvalue weighted by atomic mass is 15.1. The first-order valence-corrected chi connectivity index (χ1v) is 11.8. The fraction of sp³-hybridized carbons (Fsp3) is 0.379. The molecule has 0 atom stereocenters. The molecule has 2 aliphatic carbocycles. The Balaban J connectivity index is 1.72. The van der Waals surface area contributed by atoms with Crippen LogP contribution in [-0.2, 0) is 32.2 Å². The fourth-order valence-corrected chi connectivity index (χ4v) is 5.93. The summed E-state index contributed by atoms with van der Waals surface area (Å²) in [5.74, 6) is 0. The van der Waals surface area contributed by atoms with E-state index in [1.807, 2.05) is 0 Å². The molecule has 0 aromatic heterocycles. The summed E-state index contributed by atoms with van der Waals surface area (Å²) in [7, 11) is 0. The lowest BCUT2D eigenvalue weighted by molar-refractivity contribution is 0.296. The summed E-state index contributed by atoms with van der Waals surface area (Å²) >= 11 is 0. The van der Waals surface area contributed by atoms with Crippen LogP contribution in [-0.4, -0.2) is 18.0 Å². The predicted molar refractivity (Wildman–Crippen MR) is 128 cm³/mol. The highest BCUT2D eigenvalue weighted by molar-refractivity contribution is 5.93. The topological polar surface area (TPSA) is 3.24 Å². The normalized spacial score (nSPS) is 13.4. The summed E-state index contributed by atoms with van der Waals surface area (Å²) in [6.07, 6.45) is 4.44. The van der Waals surface area contributed by atoms with Gasteiger partial charge in [0, 0.05) is 6.54 Å². The number of hydrogen-bond donors (Lipinski definition) is 0. The van der Waals surface area contributed by atoms with Crippen molar-refractivity contribution in [3.8, 4) is 22.3 Å². The SMILES string of the molecule is CCc1c(CC)c2c(c3c1Cc1ccc(CN(CC)CC)cc1-3)Cc1ccccc1-2. The van der Waals surface area contributed by atoms with Crippen LogP contribution in [0, 0.1) is 0 Å². The molecule has 5 rings (SSSR count). The third-order valence-electron chi connectivity index (χ3n) is 7.41. The lowest BCUT2D eigenvalue weighted by atomic mass is 9.84. The lowest BCUT2D eigenvalue weighted by Gasteiger charge is -2.20. The molecule has 0 radical (unpaired) electrons. The monoisotopic (exact) mass is 395 g/mol. The summed E-state index contributed by atoms with van der Waals surface area (Å²) < 4.78 is 0. The molecule has 3 aromatic carbocycles. The molecule has 0 bridgehead atoms. The van der Waals surface area contributed by atoms with Crippen LogP contribution < -0.4 is 0 Å². The third-order valence-corrected chi connectivity index (χ3v) is 7.41. The van der Waals surface area contributed by atoms with Gasteiger partial charge in [-0.25, -0.2) is 0 Å². The first kappa shape index (κ1) is 19.6. The molecule has 0 heterocycles. The van der Waals surface area contributed by atoms with E-state index >= 15 is 0 Å². The molecule has 0 N–H and O–H groups in total. The van der Waals surface area contributed by atoms with Gasteiger partial charge in [0.05, 0.1) is 0 Å². The zero-order valence-corrected chi connectivity index (χ0v) is 18.9. The zero-order chi connectivity index (χ0) is 20.8. The van der Waals surface area contributed by atoms with E-state index in [9.17, 15) is 0 Å². The second kappa shape index (κ2) is 7.71. The molecule has 154 valence electrons. The molecule has 1 nitrogen and oxygen atoms in total. The molecule has 1 heteroatoms. The van der Waals surface area contributed by atoms with Crippen LogP contribution in [0.1, 0.15) is 66.6 Å². The number of nitrogens with zero attached hydrogens (tertiary/aromatic N) is 1. The number of rotatable bonds is 6. The largest absolute Gasteiger partial charge is 0.300 e. The van der Waals surface area contributed by atoms with Crippen LogP contribution in [0.2, 0.25) is 0 Å². The summed E-state index contributed by atoms with van der Waals surface area (Å²) in [4.78, 5) is 2.51.